The van der Waals surface area contributed by atoms with Crippen LogP contribution in [0.2, 0.25) is 0 Å². The number of benzene rings is 2. The number of fused-ring (bicyclic) bond motifs is 1. The number of amides is 1. The molecule has 2 aromatic carbocycles. The summed E-state index contributed by atoms with van der Waals surface area (Å²) in [5.74, 6) is -0.0715. The van der Waals surface area contributed by atoms with Crippen molar-refractivity contribution in [3.8, 4) is 0 Å². The first-order valence-electron chi connectivity index (χ1n) is 8.41. The summed E-state index contributed by atoms with van der Waals surface area (Å²) in [6, 6.07) is 17.2. The largest absolute Gasteiger partial charge is 0.328 e. The van der Waals surface area contributed by atoms with Gasteiger partial charge >= 0.3 is 0 Å². The second kappa shape index (κ2) is 6.48. The van der Waals surface area contributed by atoms with Crippen molar-refractivity contribution >= 4 is 17.5 Å². The minimum Gasteiger partial charge on any atom is -0.328 e. The number of carbonyl (C=O) groups excluding carboxylic acids is 1. The van der Waals surface area contributed by atoms with Gasteiger partial charge in [0.2, 0.25) is 11.9 Å². The van der Waals surface area contributed by atoms with Crippen molar-refractivity contribution in [1.82, 2.24) is 14.8 Å². The van der Waals surface area contributed by atoms with Crippen molar-refractivity contribution < 1.29 is 4.79 Å². The van der Waals surface area contributed by atoms with Crippen LogP contribution in [0.15, 0.2) is 73.2 Å². The number of anilines is 2. The van der Waals surface area contributed by atoms with Gasteiger partial charge in [0.1, 0.15) is 12.2 Å². The van der Waals surface area contributed by atoms with Gasteiger partial charge in [0.25, 0.3) is 0 Å². The topological polar surface area (TPSA) is 71.8 Å². The first kappa shape index (κ1) is 16.1. The van der Waals surface area contributed by atoms with Crippen LogP contribution < -0.4 is 10.6 Å². The average molecular weight is 345 g/mol. The van der Waals surface area contributed by atoms with E-state index in [4.69, 9.17) is 0 Å². The number of nitrogens with one attached hydrogen (secondary N) is 2. The fraction of sp³-hybridized carbons (Fsp3) is 0.150. The third kappa shape index (κ3) is 2.86. The van der Waals surface area contributed by atoms with Gasteiger partial charge in [-0.2, -0.15) is 10.1 Å². The molecule has 3 aromatic rings. The van der Waals surface area contributed by atoms with Gasteiger partial charge in [0.05, 0.1) is 6.04 Å². The second-order valence-electron chi connectivity index (χ2n) is 6.37. The molecule has 2 heterocycles. The molecule has 0 bridgehead atoms. The summed E-state index contributed by atoms with van der Waals surface area (Å²) in [5, 5.41) is 10.4. The summed E-state index contributed by atoms with van der Waals surface area (Å²) in [4.78, 5) is 17.3. The first-order valence-corrected chi connectivity index (χ1v) is 8.41. The van der Waals surface area contributed by atoms with Crippen molar-refractivity contribution in [2.24, 2.45) is 5.92 Å². The molecule has 4 rings (SSSR count). The molecule has 6 heteroatoms. The van der Waals surface area contributed by atoms with E-state index in [1.54, 1.807) is 4.68 Å². The van der Waals surface area contributed by atoms with Crippen molar-refractivity contribution in [1.29, 1.82) is 0 Å². The number of carbonyl (C=O) groups is 1. The zero-order chi connectivity index (χ0) is 18.1. The zero-order valence-corrected chi connectivity index (χ0v) is 14.4. The molecule has 6 nitrogen and oxygen atoms in total. The number of aryl methyl sites for hydroxylation is 1. The SMILES string of the molecule is C=C1Nc2ncnn2[C@@H](c2cccc(C)c2)[C@@H]1C(=O)Nc1ccccc1. The van der Waals surface area contributed by atoms with Crippen molar-refractivity contribution in [3.05, 3.63) is 84.3 Å². The molecular formula is C20H19N5O. The molecule has 130 valence electrons. The molecule has 0 aliphatic carbocycles. The van der Waals surface area contributed by atoms with Crippen LogP contribution in [-0.2, 0) is 4.79 Å². The van der Waals surface area contributed by atoms with E-state index in [0.29, 0.717) is 11.6 Å². The van der Waals surface area contributed by atoms with Gasteiger partial charge in [-0.15, -0.1) is 0 Å². The highest BCUT2D eigenvalue weighted by Gasteiger charge is 2.39. The van der Waals surface area contributed by atoms with Crippen LogP contribution in [0.3, 0.4) is 0 Å². The molecule has 1 aliphatic heterocycles. The minimum atomic E-state index is -0.522. The third-order valence-electron chi connectivity index (χ3n) is 4.51. The lowest BCUT2D eigenvalue weighted by Gasteiger charge is -2.33. The van der Waals surface area contributed by atoms with Gasteiger partial charge in [-0.25, -0.2) is 4.68 Å². The molecule has 2 N–H and O–H groups in total. The molecule has 1 amide bonds. The molecule has 0 radical (unpaired) electrons. The molecule has 0 spiro atoms. The highest BCUT2D eigenvalue weighted by Crippen LogP contribution is 2.37. The van der Waals surface area contributed by atoms with Gasteiger partial charge in [0, 0.05) is 11.4 Å². The Bertz CT molecular complexity index is 963. The van der Waals surface area contributed by atoms with Crippen molar-refractivity contribution in [3.63, 3.8) is 0 Å². The second-order valence-corrected chi connectivity index (χ2v) is 6.37. The zero-order valence-electron chi connectivity index (χ0n) is 14.4. The van der Waals surface area contributed by atoms with E-state index in [1.807, 2.05) is 55.5 Å². The van der Waals surface area contributed by atoms with Gasteiger partial charge in [-0.05, 0) is 24.6 Å². The van der Waals surface area contributed by atoms with E-state index in [9.17, 15) is 4.79 Å². The van der Waals surface area contributed by atoms with E-state index in [1.165, 1.54) is 6.33 Å². The number of rotatable bonds is 3. The Morgan fingerprint density at radius 2 is 2.00 bits per heavy atom. The van der Waals surface area contributed by atoms with Crippen LogP contribution in [0.25, 0.3) is 0 Å². The summed E-state index contributed by atoms with van der Waals surface area (Å²) in [5.41, 5.74) is 3.46. The number of para-hydroxylation sites is 1. The highest BCUT2D eigenvalue weighted by atomic mass is 16.2. The molecule has 26 heavy (non-hydrogen) atoms. The van der Waals surface area contributed by atoms with E-state index in [-0.39, 0.29) is 11.9 Å². The Morgan fingerprint density at radius 3 is 2.77 bits per heavy atom. The Kier molecular flexibility index (Phi) is 4.01. The Labute approximate surface area is 151 Å². The Balaban J connectivity index is 1.75. The van der Waals surface area contributed by atoms with Crippen molar-refractivity contribution in [2.45, 2.75) is 13.0 Å². The summed E-state index contributed by atoms with van der Waals surface area (Å²) in [6.45, 7) is 6.11. The normalized spacial score (nSPS) is 18.7. The van der Waals surface area contributed by atoms with Crippen LogP contribution in [0.1, 0.15) is 17.2 Å². The maximum absolute atomic E-state index is 13.1. The lowest BCUT2D eigenvalue weighted by molar-refractivity contribution is -0.119. The molecular weight excluding hydrogens is 326 g/mol. The van der Waals surface area contributed by atoms with Crippen LogP contribution >= 0.6 is 0 Å². The fourth-order valence-electron chi connectivity index (χ4n) is 3.33. The smallest absolute Gasteiger partial charge is 0.235 e. The summed E-state index contributed by atoms with van der Waals surface area (Å²) < 4.78 is 1.75. The Morgan fingerprint density at radius 1 is 1.19 bits per heavy atom. The number of hydrogen-bond acceptors (Lipinski definition) is 4. The molecule has 0 fully saturated rings. The predicted octanol–water partition coefficient (Wildman–Crippen LogP) is 3.37. The van der Waals surface area contributed by atoms with Crippen LogP contribution in [0.4, 0.5) is 11.6 Å². The fourth-order valence-corrected chi connectivity index (χ4v) is 3.33. The summed E-state index contributed by atoms with van der Waals surface area (Å²) >= 11 is 0. The maximum Gasteiger partial charge on any atom is 0.235 e. The molecule has 0 saturated heterocycles. The van der Waals surface area contributed by atoms with Gasteiger partial charge in [0.15, 0.2) is 0 Å². The van der Waals surface area contributed by atoms with Crippen LogP contribution in [-0.4, -0.2) is 20.7 Å². The maximum atomic E-state index is 13.1. The van der Waals surface area contributed by atoms with Crippen molar-refractivity contribution in [2.75, 3.05) is 10.6 Å². The van der Waals surface area contributed by atoms with E-state index < -0.39 is 5.92 Å². The van der Waals surface area contributed by atoms with Gasteiger partial charge in [-0.3, -0.25) is 4.79 Å². The molecule has 1 aliphatic rings. The summed E-state index contributed by atoms with van der Waals surface area (Å²) in [7, 11) is 0. The van der Waals surface area contributed by atoms with E-state index in [2.05, 4.69) is 33.4 Å². The number of nitrogens with zero attached hydrogens (tertiary/aromatic N) is 3. The standard InChI is InChI=1S/C20H19N5O/c1-13-7-6-8-15(11-13)18-17(14(2)23-20-21-12-22-25(18)20)19(26)24-16-9-4-3-5-10-16/h3-12,17-18H,2H2,1H3,(H,24,26)(H,21,22,23)/t17-,18+/m1/s1. The van der Waals surface area contributed by atoms with E-state index >= 15 is 0 Å². The van der Waals surface area contributed by atoms with Crippen LogP contribution in [0, 0.1) is 12.8 Å². The number of aromatic nitrogens is 3. The van der Waals surface area contributed by atoms with Gasteiger partial charge in [-0.1, -0.05) is 54.6 Å². The quantitative estimate of drug-likeness (QED) is 0.763. The summed E-state index contributed by atoms with van der Waals surface area (Å²) in [6.07, 6.45) is 1.48. The molecule has 1 aromatic heterocycles. The highest BCUT2D eigenvalue weighted by molar-refractivity contribution is 5.95. The first-order chi connectivity index (χ1) is 12.6. The molecule has 2 atom stereocenters. The monoisotopic (exact) mass is 345 g/mol. The molecule has 0 unspecified atom stereocenters. The Hall–Kier alpha value is -3.41. The number of hydrogen-bond donors (Lipinski definition) is 2. The average Bonchev–Trinajstić information content (AvgIpc) is 3.09. The van der Waals surface area contributed by atoms with Crippen LogP contribution in [0.5, 0.6) is 0 Å². The lowest BCUT2D eigenvalue weighted by Crippen LogP contribution is -2.39. The minimum absolute atomic E-state index is 0.138. The van der Waals surface area contributed by atoms with Gasteiger partial charge < -0.3 is 10.6 Å². The predicted molar refractivity (Wildman–Crippen MR) is 101 cm³/mol. The lowest BCUT2D eigenvalue weighted by atomic mass is 9.88. The third-order valence-corrected chi connectivity index (χ3v) is 4.51. The van der Waals surface area contributed by atoms with E-state index in [0.717, 1.165) is 16.8 Å². The molecule has 0 saturated carbocycles.